The molecule has 0 aliphatic carbocycles. The van der Waals surface area contributed by atoms with Gasteiger partial charge in [-0.05, 0) is 43.5 Å². The summed E-state index contributed by atoms with van der Waals surface area (Å²) in [6.07, 6.45) is 5.08. The average Bonchev–Trinajstić information content (AvgIpc) is 2.58. The van der Waals surface area contributed by atoms with E-state index in [0.717, 1.165) is 18.9 Å². The topological polar surface area (TPSA) is 70.2 Å². The van der Waals surface area contributed by atoms with E-state index in [9.17, 15) is 4.79 Å². The fraction of sp³-hybridized carbons (Fsp3) is 0.312. The van der Waals surface area contributed by atoms with E-state index in [1.807, 2.05) is 0 Å². The SMILES string of the molecule is O=C(Nc1ccc(Cl)cc1)Nc1cc(N2CCCCC2)ncn1. The lowest BCUT2D eigenvalue weighted by molar-refractivity contribution is 0.262. The molecule has 1 aliphatic heterocycles. The summed E-state index contributed by atoms with van der Waals surface area (Å²) in [6.45, 7) is 1.99. The maximum atomic E-state index is 12.0. The number of anilines is 3. The minimum Gasteiger partial charge on any atom is -0.356 e. The Kier molecular flexibility index (Phi) is 4.92. The number of rotatable bonds is 3. The number of nitrogens with zero attached hydrogens (tertiary/aromatic N) is 3. The molecule has 2 heterocycles. The third-order valence-electron chi connectivity index (χ3n) is 3.68. The summed E-state index contributed by atoms with van der Waals surface area (Å²) in [5.74, 6) is 1.33. The molecule has 1 fully saturated rings. The van der Waals surface area contributed by atoms with Crippen molar-refractivity contribution in [3.8, 4) is 0 Å². The Morgan fingerprint density at radius 1 is 1.04 bits per heavy atom. The third kappa shape index (κ3) is 4.32. The van der Waals surface area contributed by atoms with Crippen LogP contribution in [0.2, 0.25) is 5.02 Å². The second-order valence-electron chi connectivity index (χ2n) is 5.40. The molecule has 1 aromatic heterocycles. The van der Waals surface area contributed by atoms with Crippen molar-refractivity contribution in [2.24, 2.45) is 0 Å². The minimum absolute atomic E-state index is 0.351. The molecule has 2 amide bonds. The summed E-state index contributed by atoms with van der Waals surface area (Å²) in [6, 6.07) is 8.36. The first kappa shape index (κ1) is 15.6. The Labute approximate surface area is 139 Å². The molecular weight excluding hydrogens is 314 g/mol. The van der Waals surface area contributed by atoms with Crippen LogP contribution in [-0.2, 0) is 0 Å². The Hall–Kier alpha value is -2.34. The van der Waals surface area contributed by atoms with Crippen molar-refractivity contribution < 1.29 is 4.79 Å². The average molecular weight is 332 g/mol. The summed E-state index contributed by atoms with van der Waals surface area (Å²) < 4.78 is 0. The van der Waals surface area contributed by atoms with Crippen molar-refractivity contribution in [1.29, 1.82) is 0 Å². The fourth-order valence-corrected chi connectivity index (χ4v) is 2.65. The quantitative estimate of drug-likeness (QED) is 0.898. The van der Waals surface area contributed by atoms with Crippen molar-refractivity contribution in [3.05, 3.63) is 41.7 Å². The number of halogens is 1. The van der Waals surface area contributed by atoms with Gasteiger partial charge in [0.1, 0.15) is 18.0 Å². The molecule has 0 atom stereocenters. The van der Waals surface area contributed by atoms with Gasteiger partial charge in [0.25, 0.3) is 0 Å². The Balaban J connectivity index is 1.62. The fourth-order valence-electron chi connectivity index (χ4n) is 2.52. The number of nitrogens with one attached hydrogen (secondary N) is 2. The molecule has 2 aromatic rings. The standard InChI is InChI=1S/C16H18ClN5O/c17-12-4-6-13(7-5-12)20-16(23)21-14-10-15(19-11-18-14)22-8-2-1-3-9-22/h4-7,10-11H,1-3,8-9H2,(H2,18,19,20,21,23). The van der Waals surface area contributed by atoms with Gasteiger partial charge in [0.15, 0.2) is 0 Å². The molecule has 2 N–H and O–H groups in total. The number of hydrogen-bond acceptors (Lipinski definition) is 4. The second kappa shape index (κ2) is 7.28. The van der Waals surface area contributed by atoms with E-state index in [4.69, 9.17) is 11.6 Å². The van der Waals surface area contributed by atoms with Crippen molar-refractivity contribution in [3.63, 3.8) is 0 Å². The van der Waals surface area contributed by atoms with Gasteiger partial charge in [0, 0.05) is 29.9 Å². The van der Waals surface area contributed by atoms with E-state index in [1.54, 1.807) is 30.3 Å². The summed E-state index contributed by atoms with van der Waals surface area (Å²) in [7, 11) is 0. The number of amides is 2. The summed E-state index contributed by atoms with van der Waals surface area (Å²) in [5, 5.41) is 6.08. The monoisotopic (exact) mass is 331 g/mol. The Morgan fingerprint density at radius 3 is 2.52 bits per heavy atom. The van der Waals surface area contributed by atoms with Crippen LogP contribution in [0.4, 0.5) is 22.1 Å². The van der Waals surface area contributed by atoms with Gasteiger partial charge < -0.3 is 10.2 Å². The van der Waals surface area contributed by atoms with E-state index in [-0.39, 0.29) is 6.03 Å². The van der Waals surface area contributed by atoms with Crippen molar-refractivity contribution in [1.82, 2.24) is 9.97 Å². The summed E-state index contributed by atoms with van der Waals surface area (Å²) in [5.41, 5.74) is 0.664. The van der Waals surface area contributed by atoms with Crippen molar-refractivity contribution >= 4 is 35.0 Å². The zero-order chi connectivity index (χ0) is 16.1. The van der Waals surface area contributed by atoms with E-state index in [2.05, 4.69) is 25.5 Å². The molecule has 1 aromatic carbocycles. The largest absolute Gasteiger partial charge is 0.356 e. The van der Waals surface area contributed by atoms with E-state index >= 15 is 0 Å². The van der Waals surface area contributed by atoms with Crippen LogP contribution < -0.4 is 15.5 Å². The van der Waals surface area contributed by atoms with Gasteiger partial charge in [-0.3, -0.25) is 5.32 Å². The highest BCUT2D eigenvalue weighted by atomic mass is 35.5. The van der Waals surface area contributed by atoms with Crippen molar-refractivity contribution in [2.75, 3.05) is 28.6 Å². The van der Waals surface area contributed by atoms with Crippen LogP contribution in [0, 0.1) is 0 Å². The number of carbonyl (C=O) groups is 1. The lowest BCUT2D eigenvalue weighted by Crippen LogP contribution is -2.30. The highest BCUT2D eigenvalue weighted by molar-refractivity contribution is 6.30. The Bertz CT molecular complexity index is 670. The normalized spacial score (nSPS) is 14.4. The van der Waals surface area contributed by atoms with Gasteiger partial charge in [-0.1, -0.05) is 11.6 Å². The van der Waals surface area contributed by atoms with Crippen LogP contribution in [0.1, 0.15) is 19.3 Å². The number of carbonyl (C=O) groups excluding carboxylic acids is 1. The number of piperidine rings is 1. The number of urea groups is 1. The van der Waals surface area contributed by atoms with Gasteiger partial charge >= 0.3 is 6.03 Å². The van der Waals surface area contributed by atoms with Gasteiger partial charge in [-0.2, -0.15) is 0 Å². The van der Waals surface area contributed by atoms with Crippen LogP contribution in [0.15, 0.2) is 36.7 Å². The first-order chi connectivity index (χ1) is 11.2. The van der Waals surface area contributed by atoms with Crippen LogP contribution in [0.5, 0.6) is 0 Å². The molecule has 0 unspecified atom stereocenters. The Morgan fingerprint density at radius 2 is 1.78 bits per heavy atom. The summed E-state index contributed by atoms with van der Waals surface area (Å²) >= 11 is 5.82. The second-order valence-corrected chi connectivity index (χ2v) is 5.83. The molecule has 0 spiro atoms. The zero-order valence-electron chi connectivity index (χ0n) is 12.6. The van der Waals surface area contributed by atoms with Crippen LogP contribution in [0.3, 0.4) is 0 Å². The molecule has 0 bridgehead atoms. The van der Waals surface area contributed by atoms with Gasteiger partial charge in [0.05, 0.1) is 0 Å². The maximum Gasteiger partial charge on any atom is 0.324 e. The lowest BCUT2D eigenvalue weighted by atomic mass is 10.1. The van der Waals surface area contributed by atoms with E-state index < -0.39 is 0 Å². The predicted molar refractivity (Wildman–Crippen MR) is 92.2 cm³/mol. The molecule has 23 heavy (non-hydrogen) atoms. The zero-order valence-corrected chi connectivity index (χ0v) is 13.4. The van der Waals surface area contributed by atoms with Crippen LogP contribution in [0.25, 0.3) is 0 Å². The number of aromatic nitrogens is 2. The van der Waals surface area contributed by atoms with Crippen LogP contribution in [-0.4, -0.2) is 29.1 Å². The maximum absolute atomic E-state index is 12.0. The molecule has 1 aliphatic rings. The smallest absolute Gasteiger partial charge is 0.324 e. The first-order valence-corrected chi connectivity index (χ1v) is 7.99. The highest BCUT2D eigenvalue weighted by Crippen LogP contribution is 2.19. The summed E-state index contributed by atoms with van der Waals surface area (Å²) in [4.78, 5) is 22.6. The first-order valence-electron chi connectivity index (χ1n) is 7.61. The number of benzene rings is 1. The predicted octanol–water partition coefficient (Wildman–Crippen LogP) is 3.76. The van der Waals surface area contributed by atoms with E-state index in [1.165, 1.54) is 25.6 Å². The molecule has 3 rings (SSSR count). The van der Waals surface area contributed by atoms with Gasteiger partial charge in [-0.25, -0.2) is 14.8 Å². The molecule has 7 heteroatoms. The lowest BCUT2D eigenvalue weighted by Gasteiger charge is -2.27. The molecule has 6 nitrogen and oxygen atoms in total. The molecule has 0 saturated carbocycles. The minimum atomic E-state index is -0.351. The molecule has 1 saturated heterocycles. The van der Waals surface area contributed by atoms with Gasteiger partial charge in [0.2, 0.25) is 0 Å². The van der Waals surface area contributed by atoms with Crippen LogP contribution >= 0.6 is 11.6 Å². The van der Waals surface area contributed by atoms with Gasteiger partial charge in [-0.15, -0.1) is 0 Å². The molecular formula is C16H18ClN5O. The number of hydrogen-bond donors (Lipinski definition) is 2. The highest BCUT2D eigenvalue weighted by Gasteiger charge is 2.13. The molecule has 120 valence electrons. The third-order valence-corrected chi connectivity index (χ3v) is 3.93. The van der Waals surface area contributed by atoms with Crippen molar-refractivity contribution in [2.45, 2.75) is 19.3 Å². The van der Waals surface area contributed by atoms with E-state index in [0.29, 0.717) is 16.5 Å². The molecule has 0 radical (unpaired) electrons.